The Labute approximate surface area is 147 Å². The van der Waals surface area contributed by atoms with Crippen LogP contribution in [0.25, 0.3) is 0 Å². The minimum atomic E-state index is -0.465. The Morgan fingerprint density at radius 3 is 2.39 bits per heavy atom. The SMILES string of the molecule is CC(NCC1(NC(=O)OC(C)(C)C)CCC1)c1ccc(Br)cc1. The van der Waals surface area contributed by atoms with Gasteiger partial charge in [-0.2, -0.15) is 0 Å². The second-order valence-corrected chi connectivity index (χ2v) is 8.33. The van der Waals surface area contributed by atoms with Gasteiger partial charge >= 0.3 is 6.09 Å². The van der Waals surface area contributed by atoms with Gasteiger partial charge in [-0.15, -0.1) is 0 Å². The largest absolute Gasteiger partial charge is 0.444 e. The van der Waals surface area contributed by atoms with Gasteiger partial charge in [-0.05, 0) is 64.7 Å². The summed E-state index contributed by atoms with van der Waals surface area (Å²) in [5.41, 5.74) is 0.596. The molecular weight excluding hydrogens is 356 g/mol. The van der Waals surface area contributed by atoms with Crippen molar-refractivity contribution >= 4 is 22.0 Å². The Morgan fingerprint density at radius 2 is 1.91 bits per heavy atom. The summed E-state index contributed by atoms with van der Waals surface area (Å²) in [7, 11) is 0. The number of hydrogen-bond acceptors (Lipinski definition) is 3. The molecule has 2 rings (SSSR count). The minimum absolute atomic E-state index is 0.175. The molecule has 1 aliphatic carbocycles. The van der Waals surface area contributed by atoms with E-state index >= 15 is 0 Å². The van der Waals surface area contributed by atoms with Crippen LogP contribution < -0.4 is 10.6 Å². The number of hydrogen-bond donors (Lipinski definition) is 2. The Morgan fingerprint density at radius 1 is 1.30 bits per heavy atom. The first kappa shape index (κ1) is 18.3. The lowest BCUT2D eigenvalue weighted by Gasteiger charge is -2.43. The molecular formula is C18H27BrN2O2. The monoisotopic (exact) mass is 382 g/mol. The molecule has 0 bridgehead atoms. The van der Waals surface area contributed by atoms with E-state index in [-0.39, 0.29) is 17.7 Å². The number of carbonyl (C=O) groups excluding carboxylic acids is 1. The van der Waals surface area contributed by atoms with Crippen molar-refractivity contribution in [1.29, 1.82) is 0 Å². The molecule has 2 N–H and O–H groups in total. The van der Waals surface area contributed by atoms with Crippen molar-refractivity contribution in [3.63, 3.8) is 0 Å². The second-order valence-electron chi connectivity index (χ2n) is 7.41. The lowest BCUT2D eigenvalue weighted by Crippen LogP contribution is -2.60. The highest BCUT2D eigenvalue weighted by Gasteiger charge is 2.39. The summed E-state index contributed by atoms with van der Waals surface area (Å²) in [6.45, 7) is 8.54. The molecule has 23 heavy (non-hydrogen) atoms. The number of halogens is 1. The highest BCUT2D eigenvalue weighted by Crippen LogP contribution is 2.32. The zero-order valence-electron chi connectivity index (χ0n) is 14.4. The molecule has 0 aromatic heterocycles. The topological polar surface area (TPSA) is 50.4 Å². The van der Waals surface area contributed by atoms with Crippen molar-refractivity contribution in [1.82, 2.24) is 10.6 Å². The van der Waals surface area contributed by atoms with Gasteiger partial charge < -0.3 is 15.4 Å². The van der Waals surface area contributed by atoms with Gasteiger partial charge in [0.05, 0.1) is 5.54 Å². The molecule has 5 heteroatoms. The van der Waals surface area contributed by atoms with Crippen molar-refractivity contribution in [3.8, 4) is 0 Å². The first-order chi connectivity index (χ1) is 10.7. The number of carbonyl (C=O) groups is 1. The maximum atomic E-state index is 12.1. The predicted molar refractivity (Wildman–Crippen MR) is 96.5 cm³/mol. The molecule has 0 saturated heterocycles. The quantitative estimate of drug-likeness (QED) is 0.785. The van der Waals surface area contributed by atoms with E-state index in [9.17, 15) is 4.79 Å². The summed E-state index contributed by atoms with van der Waals surface area (Å²) < 4.78 is 6.47. The van der Waals surface area contributed by atoms with Crippen LogP contribution in [0.15, 0.2) is 28.7 Å². The predicted octanol–water partition coefficient (Wildman–Crippen LogP) is 4.55. The summed E-state index contributed by atoms with van der Waals surface area (Å²) >= 11 is 3.45. The van der Waals surface area contributed by atoms with E-state index in [0.29, 0.717) is 0 Å². The van der Waals surface area contributed by atoms with E-state index in [0.717, 1.165) is 30.3 Å². The molecule has 1 aliphatic rings. The first-order valence-corrected chi connectivity index (χ1v) is 8.98. The minimum Gasteiger partial charge on any atom is -0.444 e. The van der Waals surface area contributed by atoms with E-state index in [4.69, 9.17) is 4.74 Å². The third kappa shape index (κ3) is 5.50. The summed E-state index contributed by atoms with van der Waals surface area (Å²) in [5, 5.41) is 6.61. The van der Waals surface area contributed by atoms with Gasteiger partial charge in [0.15, 0.2) is 0 Å². The number of benzene rings is 1. The van der Waals surface area contributed by atoms with Crippen LogP contribution in [0.2, 0.25) is 0 Å². The number of amides is 1. The van der Waals surface area contributed by atoms with Crippen molar-refractivity contribution in [2.45, 2.75) is 64.1 Å². The molecule has 1 saturated carbocycles. The third-order valence-electron chi connectivity index (χ3n) is 4.19. The summed E-state index contributed by atoms with van der Waals surface area (Å²) in [5.74, 6) is 0. The van der Waals surface area contributed by atoms with Gasteiger partial charge in [-0.25, -0.2) is 4.79 Å². The first-order valence-electron chi connectivity index (χ1n) is 8.19. The van der Waals surface area contributed by atoms with Gasteiger partial charge in [0.25, 0.3) is 0 Å². The smallest absolute Gasteiger partial charge is 0.408 e. The van der Waals surface area contributed by atoms with Gasteiger partial charge in [-0.3, -0.25) is 0 Å². The maximum Gasteiger partial charge on any atom is 0.408 e. The van der Waals surface area contributed by atoms with Crippen molar-refractivity contribution in [3.05, 3.63) is 34.3 Å². The van der Waals surface area contributed by atoms with Crippen LogP contribution in [-0.2, 0) is 4.74 Å². The Bertz CT molecular complexity index is 533. The van der Waals surface area contributed by atoms with E-state index in [2.05, 4.69) is 45.6 Å². The molecule has 0 aliphatic heterocycles. The Kier molecular flexibility index (Phi) is 5.74. The third-order valence-corrected chi connectivity index (χ3v) is 4.72. The molecule has 0 heterocycles. The van der Waals surface area contributed by atoms with Crippen LogP contribution in [0, 0.1) is 0 Å². The summed E-state index contributed by atoms with van der Waals surface area (Å²) in [4.78, 5) is 12.1. The molecule has 0 spiro atoms. The average molecular weight is 383 g/mol. The maximum absolute atomic E-state index is 12.1. The number of rotatable bonds is 5. The standard InChI is InChI=1S/C18H27BrN2O2/c1-13(14-6-8-15(19)9-7-14)20-12-18(10-5-11-18)21-16(22)23-17(2,3)4/h6-9,13,20H,5,10-12H2,1-4H3,(H,21,22). The van der Waals surface area contributed by atoms with Crippen LogP contribution in [0.4, 0.5) is 4.79 Å². The van der Waals surface area contributed by atoms with Gasteiger partial charge in [-0.1, -0.05) is 28.1 Å². The fourth-order valence-electron chi connectivity index (χ4n) is 2.69. The highest BCUT2D eigenvalue weighted by atomic mass is 79.9. The van der Waals surface area contributed by atoms with Crippen LogP contribution in [0.5, 0.6) is 0 Å². The van der Waals surface area contributed by atoms with Gasteiger partial charge in [0, 0.05) is 17.1 Å². The number of alkyl carbamates (subject to hydrolysis) is 1. The zero-order chi connectivity index (χ0) is 17.1. The normalized spacial score (nSPS) is 18.0. The zero-order valence-corrected chi connectivity index (χ0v) is 16.0. The molecule has 1 unspecified atom stereocenters. The molecule has 128 valence electrons. The molecule has 4 nitrogen and oxygen atoms in total. The second kappa shape index (κ2) is 7.22. The molecule has 1 amide bonds. The highest BCUT2D eigenvalue weighted by molar-refractivity contribution is 9.10. The van der Waals surface area contributed by atoms with Crippen LogP contribution >= 0.6 is 15.9 Å². The number of nitrogens with one attached hydrogen (secondary N) is 2. The molecule has 1 aromatic rings. The molecule has 0 radical (unpaired) electrons. The van der Waals surface area contributed by atoms with Crippen molar-refractivity contribution < 1.29 is 9.53 Å². The van der Waals surface area contributed by atoms with E-state index in [1.165, 1.54) is 5.56 Å². The summed E-state index contributed by atoms with van der Waals surface area (Å²) in [6, 6.07) is 8.55. The fraction of sp³-hybridized carbons (Fsp3) is 0.611. The van der Waals surface area contributed by atoms with Gasteiger partial charge in [0.1, 0.15) is 5.60 Å². The van der Waals surface area contributed by atoms with E-state index in [1.54, 1.807) is 0 Å². The lowest BCUT2D eigenvalue weighted by atomic mass is 9.76. The molecule has 1 aromatic carbocycles. The van der Waals surface area contributed by atoms with Crippen molar-refractivity contribution in [2.24, 2.45) is 0 Å². The van der Waals surface area contributed by atoms with E-state index in [1.807, 2.05) is 32.9 Å². The summed E-state index contributed by atoms with van der Waals surface area (Å²) in [6.07, 6.45) is 2.80. The fourth-order valence-corrected chi connectivity index (χ4v) is 2.95. The van der Waals surface area contributed by atoms with Gasteiger partial charge in [0.2, 0.25) is 0 Å². The van der Waals surface area contributed by atoms with Crippen LogP contribution in [-0.4, -0.2) is 23.8 Å². The van der Waals surface area contributed by atoms with Crippen LogP contribution in [0.1, 0.15) is 58.6 Å². The molecule has 1 fully saturated rings. The van der Waals surface area contributed by atoms with Crippen molar-refractivity contribution in [2.75, 3.05) is 6.54 Å². The average Bonchev–Trinajstić information content (AvgIpc) is 2.40. The molecule has 1 atom stereocenters. The van der Waals surface area contributed by atoms with E-state index < -0.39 is 5.60 Å². The Balaban J connectivity index is 1.89. The van der Waals surface area contributed by atoms with Crippen LogP contribution in [0.3, 0.4) is 0 Å². The Hall–Kier alpha value is -1.07. The number of ether oxygens (including phenoxy) is 1. The lowest BCUT2D eigenvalue weighted by molar-refractivity contribution is 0.0379.